The number of methoxy groups -OCH3 is 4. The molecule has 27 unspecified atom stereocenters. The van der Waals surface area contributed by atoms with Crippen molar-refractivity contribution < 1.29 is 48.1 Å². The lowest BCUT2D eigenvalue weighted by molar-refractivity contribution is -0.221. The van der Waals surface area contributed by atoms with Gasteiger partial charge in [0.15, 0.2) is 0 Å². The van der Waals surface area contributed by atoms with Crippen molar-refractivity contribution in [2.45, 2.75) is 330 Å². The van der Waals surface area contributed by atoms with Gasteiger partial charge in [-0.15, -0.1) is 0 Å². The third-order valence-corrected chi connectivity index (χ3v) is 24.6. The van der Waals surface area contributed by atoms with Gasteiger partial charge in [-0.3, -0.25) is 42.5 Å². The van der Waals surface area contributed by atoms with E-state index in [1.807, 2.05) is 14.2 Å². The highest BCUT2D eigenvalue weighted by atomic mass is 28.1. The van der Waals surface area contributed by atoms with Crippen LogP contribution in [-0.2, 0) is 37.9 Å². The first-order chi connectivity index (χ1) is 42.7. The Morgan fingerprint density at radius 1 is 0.322 bits per heavy atom. The zero-order valence-corrected chi connectivity index (χ0v) is 58.1. The molecule has 506 valence electrons. The summed E-state index contributed by atoms with van der Waals surface area (Å²) in [5.41, 5.74) is 0.272. The van der Waals surface area contributed by atoms with E-state index in [1.165, 1.54) is 128 Å². The standard InChI is InChI=1S/C68H130N8O10Si/c1-9-13-17-21-25-31-37-83-54-48-47(53(80-6)56(81-7)57(54)82-8)65-73-64-46-44(41-45(77)51(78)52(46)79-5)63(72-64)70-61-42-35-29-30-36-43(42)62(69-61)71-68-50-49(67(76-68)75-66(48)74-65)55(84-38-32-26-22-18-14-10-2)58(85-39-33-27-23-19-15-11-3)59(60(50)87)86-40-34-28-24-20-16-12-4/h42-78H,9-41H2,1-8,87H3. The van der Waals surface area contributed by atoms with Crippen LogP contribution in [0.15, 0.2) is 0 Å². The number of unbranched alkanes of at least 4 members (excludes halogenated alkanes) is 20. The summed E-state index contributed by atoms with van der Waals surface area (Å²) in [5, 5.41) is 57.8. The Hall–Kier alpha value is -0.503. The monoisotopic (exact) mass is 1250 g/mol. The van der Waals surface area contributed by atoms with Crippen molar-refractivity contribution in [3.8, 4) is 0 Å². The van der Waals surface area contributed by atoms with E-state index in [0.29, 0.717) is 38.1 Å². The molecule has 5 heterocycles. The van der Waals surface area contributed by atoms with E-state index in [1.54, 1.807) is 14.2 Å². The summed E-state index contributed by atoms with van der Waals surface area (Å²) in [6, 6.07) is 0. The second-order valence-electron chi connectivity index (χ2n) is 28.7. The van der Waals surface area contributed by atoms with Crippen molar-refractivity contribution in [3.63, 3.8) is 0 Å². The molecule has 4 aliphatic carbocycles. The fraction of sp³-hybridized carbons (Fsp3) is 1.00. The summed E-state index contributed by atoms with van der Waals surface area (Å²) < 4.78 is 56.0. The average molecular weight is 1250 g/mol. The largest absolute Gasteiger partial charge is 0.390 e. The van der Waals surface area contributed by atoms with E-state index in [9.17, 15) is 10.2 Å². The van der Waals surface area contributed by atoms with E-state index in [0.717, 1.165) is 68.2 Å². The number of rotatable bonds is 36. The first kappa shape index (κ1) is 70.8. The van der Waals surface area contributed by atoms with Crippen LogP contribution in [0.4, 0.5) is 0 Å². The number of ether oxygens (including phenoxy) is 8. The molecule has 0 radical (unpaired) electrons. The van der Waals surface area contributed by atoms with Crippen LogP contribution in [0.5, 0.6) is 0 Å². The Kier molecular flexibility index (Phi) is 29.6. The van der Waals surface area contributed by atoms with Gasteiger partial charge in [0.2, 0.25) is 0 Å². The molecule has 0 spiro atoms. The van der Waals surface area contributed by atoms with Crippen LogP contribution in [0.2, 0.25) is 5.54 Å². The molecule has 87 heavy (non-hydrogen) atoms. The molecule has 10 N–H and O–H groups in total. The molecule has 8 bridgehead atoms. The Morgan fingerprint density at radius 2 is 0.632 bits per heavy atom. The number of hydrogen-bond acceptors (Lipinski definition) is 18. The van der Waals surface area contributed by atoms with E-state index in [2.05, 4.69) is 70.2 Å². The normalized spacial score (nSPS) is 42.5. The van der Waals surface area contributed by atoms with Gasteiger partial charge < -0.3 is 48.1 Å². The number of fused-ring (bicyclic) bond motifs is 20. The van der Waals surface area contributed by atoms with E-state index in [4.69, 9.17) is 37.9 Å². The smallest absolute Gasteiger partial charge is 0.112 e. The maximum absolute atomic E-state index is 11.8. The molecule has 18 nitrogen and oxygen atoms in total. The molecule has 27 atom stereocenters. The topological polar surface area (TPSA) is 211 Å². The molecule has 9 fully saturated rings. The minimum absolute atomic E-state index is 0.0287. The highest BCUT2D eigenvalue weighted by Crippen LogP contribution is 2.51. The minimum Gasteiger partial charge on any atom is -0.390 e. The molecule has 19 heteroatoms. The van der Waals surface area contributed by atoms with Crippen molar-refractivity contribution in [1.82, 2.24) is 42.5 Å². The second-order valence-corrected chi connectivity index (χ2v) is 30.0. The lowest BCUT2D eigenvalue weighted by atomic mass is 9.70. The van der Waals surface area contributed by atoms with Crippen LogP contribution in [0.3, 0.4) is 0 Å². The number of aliphatic hydroxyl groups excluding tert-OH is 2. The molecule has 9 rings (SSSR count). The van der Waals surface area contributed by atoms with E-state index < -0.39 is 30.5 Å². The van der Waals surface area contributed by atoms with Crippen molar-refractivity contribution in [1.29, 1.82) is 0 Å². The van der Waals surface area contributed by atoms with Crippen molar-refractivity contribution in [2.75, 3.05) is 54.9 Å². The van der Waals surface area contributed by atoms with Gasteiger partial charge in [-0.05, 0) is 74.2 Å². The van der Waals surface area contributed by atoms with Gasteiger partial charge in [0.25, 0.3) is 0 Å². The summed E-state index contributed by atoms with van der Waals surface area (Å²) >= 11 is 0. The van der Waals surface area contributed by atoms with Crippen molar-refractivity contribution in [2.24, 2.45) is 47.3 Å². The van der Waals surface area contributed by atoms with Gasteiger partial charge in [0.1, 0.15) is 24.4 Å². The predicted octanol–water partition coefficient (Wildman–Crippen LogP) is 7.23. The lowest BCUT2D eigenvalue weighted by Gasteiger charge is -2.51. The number of aliphatic hydroxyl groups is 2. The summed E-state index contributed by atoms with van der Waals surface area (Å²) in [7, 11) is 8.04. The first-order valence-electron chi connectivity index (χ1n) is 36.7. The average Bonchev–Trinajstić information content (AvgIpc) is 1.72. The lowest BCUT2D eigenvalue weighted by Crippen LogP contribution is -2.66. The molecule has 9 aliphatic rings. The molecule has 0 aromatic carbocycles. The fourth-order valence-corrected chi connectivity index (χ4v) is 20.1. The molecule has 0 aromatic heterocycles. The molecule has 4 saturated carbocycles. The Morgan fingerprint density at radius 3 is 1.07 bits per heavy atom. The van der Waals surface area contributed by atoms with Gasteiger partial charge in [0.05, 0.1) is 86.0 Å². The number of hydrogen-bond donors (Lipinski definition) is 10. The Labute approximate surface area is 530 Å². The van der Waals surface area contributed by atoms with Gasteiger partial charge in [-0.25, -0.2) is 0 Å². The molecule has 0 aromatic rings. The summed E-state index contributed by atoms with van der Waals surface area (Å²) in [6.45, 7) is 11.9. The van der Waals surface area contributed by atoms with Crippen LogP contribution in [0.25, 0.3) is 0 Å². The Bertz CT molecular complexity index is 1920. The molecule has 0 amide bonds. The highest BCUT2D eigenvalue weighted by molar-refractivity contribution is 6.12. The van der Waals surface area contributed by atoms with Gasteiger partial charge in [-0.1, -0.05) is 169 Å². The molecular weight excluding hydrogens is 1120 g/mol. The van der Waals surface area contributed by atoms with E-state index >= 15 is 0 Å². The zero-order valence-electron chi connectivity index (χ0n) is 56.1. The van der Waals surface area contributed by atoms with Crippen molar-refractivity contribution >= 4 is 10.2 Å². The summed E-state index contributed by atoms with van der Waals surface area (Å²) in [5.74, 6) is 0.581. The summed E-state index contributed by atoms with van der Waals surface area (Å²) in [4.78, 5) is 0. The maximum Gasteiger partial charge on any atom is 0.112 e. The van der Waals surface area contributed by atoms with E-state index in [-0.39, 0.29) is 121 Å². The third-order valence-electron chi connectivity index (χ3n) is 23.2. The first-order valence-corrected chi connectivity index (χ1v) is 37.8. The minimum atomic E-state index is -1.03. The van der Waals surface area contributed by atoms with Crippen molar-refractivity contribution in [3.05, 3.63) is 0 Å². The fourth-order valence-electron chi connectivity index (χ4n) is 18.7. The molecule has 5 aliphatic heterocycles. The quantitative estimate of drug-likeness (QED) is 0.0222. The van der Waals surface area contributed by atoms with Crippen LogP contribution >= 0.6 is 0 Å². The van der Waals surface area contributed by atoms with Gasteiger partial charge in [-0.2, -0.15) is 0 Å². The Balaban J connectivity index is 1.13. The zero-order chi connectivity index (χ0) is 61.2. The molecule has 5 saturated heterocycles. The molecular formula is C68H130N8O10Si. The second kappa shape index (κ2) is 36.4. The van der Waals surface area contributed by atoms with Gasteiger partial charge >= 0.3 is 0 Å². The third kappa shape index (κ3) is 17.1. The van der Waals surface area contributed by atoms with Gasteiger partial charge in [0, 0.05) is 88.8 Å². The number of nitrogens with one attached hydrogen (secondary N) is 8. The maximum atomic E-state index is 11.8. The SMILES string of the molecule is CCCCCCCCOC1C([SiH3])C2C3NC4NC(NC5NC(NC6NC(NC(N3)C2C(OCCCCCCCC)C1OCCCCCCCC)C1C(OCCCCCCCC)C(OC)C(OC)C(OC)C61)C1C5CC(O)C(O)C1OC)C1CCCCC41. The van der Waals surface area contributed by atoms with Crippen LogP contribution in [0.1, 0.15) is 214 Å². The summed E-state index contributed by atoms with van der Waals surface area (Å²) in [6.07, 6.45) is 28.3. The van der Waals surface area contributed by atoms with Crippen LogP contribution < -0.4 is 42.5 Å². The predicted molar refractivity (Wildman–Crippen MR) is 348 cm³/mol. The van der Waals surface area contributed by atoms with Crippen LogP contribution in [0, 0.1) is 47.3 Å². The highest BCUT2D eigenvalue weighted by Gasteiger charge is 2.66. The van der Waals surface area contributed by atoms with Crippen LogP contribution in [-0.4, -0.2) is 186 Å².